The van der Waals surface area contributed by atoms with Crippen molar-refractivity contribution in [2.24, 2.45) is 0 Å². The van der Waals surface area contributed by atoms with Crippen LogP contribution in [0.4, 0.5) is 11.4 Å². The van der Waals surface area contributed by atoms with Gasteiger partial charge in [0, 0.05) is 18.3 Å². The van der Waals surface area contributed by atoms with E-state index in [2.05, 4.69) is 5.32 Å². The number of aryl methyl sites for hydroxylation is 2. The quantitative estimate of drug-likeness (QED) is 0.685. The lowest BCUT2D eigenvalue weighted by Crippen LogP contribution is -2.37. The number of rotatable bonds is 8. The molecule has 0 spiro atoms. The van der Waals surface area contributed by atoms with Gasteiger partial charge in [-0.25, -0.2) is 4.79 Å². The average molecular weight is 396 g/mol. The summed E-state index contributed by atoms with van der Waals surface area (Å²) in [5.74, 6) is -0.955. The van der Waals surface area contributed by atoms with Crippen LogP contribution in [0.25, 0.3) is 0 Å². The molecule has 0 bridgehead atoms. The van der Waals surface area contributed by atoms with Gasteiger partial charge in [-0.15, -0.1) is 0 Å². The number of carbonyl (C=O) groups excluding carboxylic acids is 3. The van der Waals surface area contributed by atoms with E-state index in [0.29, 0.717) is 17.9 Å². The van der Waals surface area contributed by atoms with Crippen molar-refractivity contribution in [2.75, 3.05) is 23.4 Å². The Morgan fingerprint density at radius 1 is 0.931 bits per heavy atom. The number of para-hydroxylation sites is 1. The minimum absolute atomic E-state index is 0.116. The second kappa shape index (κ2) is 10.4. The molecular formula is C23H28N2O4. The third-order valence-corrected chi connectivity index (χ3v) is 4.64. The third-order valence-electron chi connectivity index (χ3n) is 4.64. The van der Waals surface area contributed by atoms with Crippen molar-refractivity contribution in [3.63, 3.8) is 0 Å². The zero-order valence-electron chi connectivity index (χ0n) is 17.5. The van der Waals surface area contributed by atoms with Gasteiger partial charge in [-0.2, -0.15) is 0 Å². The fourth-order valence-corrected chi connectivity index (χ4v) is 3.10. The van der Waals surface area contributed by atoms with Gasteiger partial charge in [0.2, 0.25) is 11.8 Å². The molecule has 0 aliphatic heterocycles. The molecule has 0 unspecified atom stereocenters. The molecule has 0 aliphatic rings. The number of hydrogen-bond donors (Lipinski definition) is 1. The fraction of sp³-hybridized carbons (Fsp3) is 0.348. The van der Waals surface area contributed by atoms with Gasteiger partial charge in [0.1, 0.15) is 6.54 Å². The number of nitrogens with one attached hydrogen (secondary N) is 1. The molecule has 6 heteroatoms. The SMILES string of the molecule is CCOC(=O)c1ccc(N(CC(=O)Nc2c(CC)cccc2CC)C(C)=O)cc1. The molecule has 0 fully saturated rings. The van der Waals surface area contributed by atoms with Crippen molar-refractivity contribution in [2.45, 2.75) is 40.5 Å². The summed E-state index contributed by atoms with van der Waals surface area (Å²) in [5, 5.41) is 2.98. The number of nitrogens with zero attached hydrogens (tertiary/aromatic N) is 1. The molecule has 0 saturated heterocycles. The Balaban J connectivity index is 2.18. The molecule has 154 valence electrons. The Morgan fingerprint density at radius 3 is 2.00 bits per heavy atom. The number of anilines is 2. The van der Waals surface area contributed by atoms with Gasteiger partial charge in [-0.1, -0.05) is 32.0 Å². The Labute approximate surface area is 171 Å². The smallest absolute Gasteiger partial charge is 0.338 e. The molecule has 2 amide bonds. The minimum Gasteiger partial charge on any atom is -0.462 e. The Hall–Kier alpha value is -3.15. The van der Waals surface area contributed by atoms with Gasteiger partial charge in [-0.05, 0) is 55.2 Å². The van der Waals surface area contributed by atoms with Crippen LogP contribution in [-0.4, -0.2) is 30.9 Å². The molecule has 0 radical (unpaired) electrons. The van der Waals surface area contributed by atoms with Crippen LogP contribution in [-0.2, 0) is 27.2 Å². The predicted octanol–water partition coefficient (Wildman–Crippen LogP) is 3.98. The largest absolute Gasteiger partial charge is 0.462 e. The highest BCUT2D eigenvalue weighted by Gasteiger charge is 2.18. The van der Waals surface area contributed by atoms with E-state index >= 15 is 0 Å². The van der Waals surface area contributed by atoms with Crippen LogP contribution in [0.1, 0.15) is 49.2 Å². The van der Waals surface area contributed by atoms with Gasteiger partial charge < -0.3 is 15.0 Å². The molecular weight excluding hydrogens is 368 g/mol. The van der Waals surface area contributed by atoms with Gasteiger partial charge in [0.15, 0.2) is 0 Å². The first-order chi connectivity index (χ1) is 13.9. The number of hydrogen-bond acceptors (Lipinski definition) is 4. The van der Waals surface area contributed by atoms with E-state index in [9.17, 15) is 14.4 Å². The predicted molar refractivity (Wildman–Crippen MR) is 114 cm³/mol. The number of esters is 1. The highest BCUT2D eigenvalue weighted by Crippen LogP contribution is 2.23. The average Bonchev–Trinajstić information content (AvgIpc) is 2.72. The van der Waals surface area contributed by atoms with Crippen molar-refractivity contribution in [1.82, 2.24) is 0 Å². The molecule has 2 aromatic carbocycles. The zero-order chi connectivity index (χ0) is 21.4. The topological polar surface area (TPSA) is 75.7 Å². The van der Waals surface area contributed by atoms with Crippen molar-refractivity contribution in [1.29, 1.82) is 0 Å². The second-order valence-corrected chi connectivity index (χ2v) is 6.58. The molecule has 0 atom stereocenters. The van der Waals surface area contributed by atoms with Crippen LogP contribution >= 0.6 is 0 Å². The number of carbonyl (C=O) groups is 3. The number of benzene rings is 2. The maximum absolute atomic E-state index is 12.7. The molecule has 2 aromatic rings. The monoisotopic (exact) mass is 396 g/mol. The lowest BCUT2D eigenvalue weighted by Gasteiger charge is -2.22. The fourth-order valence-electron chi connectivity index (χ4n) is 3.10. The summed E-state index contributed by atoms with van der Waals surface area (Å²) in [6.45, 7) is 7.40. The standard InChI is InChI=1S/C23H28N2O4/c1-5-17-9-8-10-18(6-2)22(17)24-21(27)15-25(16(4)26)20-13-11-19(12-14-20)23(28)29-7-3/h8-14H,5-7,15H2,1-4H3,(H,24,27). The van der Waals surface area contributed by atoms with Crippen LogP contribution < -0.4 is 10.2 Å². The maximum Gasteiger partial charge on any atom is 0.338 e. The number of ether oxygens (including phenoxy) is 1. The molecule has 29 heavy (non-hydrogen) atoms. The van der Waals surface area contributed by atoms with E-state index in [1.54, 1.807) is 31.2 Å². The van der Waals surface area contributed by atoms with Crippen LogP contribution in [0.15, 0.2) is 42.5 Å². The van der Waals surface area contributed by atoms with Gasteiger partial charge >= 0.3 is 5.97 Å². The normalized spacial score (nSPS) is 10.3. The van der Waals surface area contributed by atoms with Crippen LogP contribution in [0.5, 0.6) is 0 Å². The number of amides is 2. The summed E-state index contributed by atoms with van der Waals surface area (Å²) in [6, 6.07) is 12.4. The van der Waals surface area contributed by atoms with Gasteiger partial charge in [0.25, 0.3) is 0 Å². The summed E-state index contributed by atoms with van der Waals surface area (Å²) in [4.78, 5) is 38.0. The Bertz CT molecular complexity index is 853. The maximum atomic E-state index is 12.7. The molecule has 0 aromatic heterocycles. The molecule has 0 aliphatic carbocycles. The summed E-state index contributed by atoms with van der Waals surface area (Å²) >= 11 is 0. The van der Waals surface area contributed by atoms with Crippen LogP contribution in [0.3, 0.4) is 0 Å². The molecule has 0 heterocycles. The van der Waals surface area contributed by atoms with E-state index in [4.69, 9.17) is 4.74 Å². The molecule has 0 saturated carbocycles. The summed E-state index contributed by atoms with van der Waals surface area (Å²) < 4.78 is 4.97. The Kier molecular flexibility index (Phi) is 7.95. The highest BCUT2D eigenvalue weighted by atomic mass is 16.5. The first-order valence-electron chi connectivity index (χ1n) is 9.87. The van der Waals surface area contributed by atoms with Crippen molar-refractivity contribution in [3.05, 3.63) is 59.2 Å². The van der Waals surface area contributed by atoms with Crippen molar-refractivity contribution >= 4 is 29.2 Å². The molecule has 6 nitrogen and oxygen atoms in total. The van der Waals surface area contributed by atoms with E-state index in [0.717, 1.165) is 29.7 Å². The third kappa shape index (κ3) is 5.67. The lowest BCUT2D eigenvalue weighted by molar-refractivity contribution is -0.120. The van der Waals surface area contributed by atoms with E-state index < -0.39 is 5.97 Å². The first kappa shape index (κ1) is 22.1. The van der Waals surface area contributed by atoms with E-state index in [1.807, 2.05) is 32.0 Å². The first-order valence-corrected chi connectivity index (χ1v) is 9.87. The van der Waals surface area contributed by atoms with E-state index in [-0.39, 0.29) is 18.4 Å². The highest BCUT2D eigenvalue weighted by molar-refractivity contribution is 6.02. The molecule has 1 N–H and O–H groups in total. The minimum atomic E-state index is -0.422. The Morgan fingerprint density at radius 2 is 1.52 bits per heavy atom. The summed E-state index contributed by atoms with van der Waals surface area (Å²) in [6.07, 6.45) is 1.60. The van der Waals surface area contributed by atoms with E-state index in [1.165, 1.54) is 11.8 Å². The van der Waals surface area contributed by atoms with Crippen LogP contribution in [0.2, 0.25) is 0 Å². The van der Waals surface area contributed by atoms with Crippen molar-refractivity contribution < 1.29 is 19.1 Å². The van der Waals surface area contributed by atoms with Gasteiger partial charge in [0.05, 0.1) is 12.2 Å². The lowest BCUT2D eigenvalue weighted by atomic mass is 10.0. The zero-order valence-corrected chi connectivity index (χ0v) is 17.5. The summed E-state index contributed by atoms with van der Waals surface area (Å²) in [7, 11) is 0. The van der Waals surface area contributed by atoms with Gasteiger partial charge in [-0.3, -0.25) is 9.59 Å². The van der Waals surface area contributed by atoms with Crippen molar-refractivity contribution in [3.8, 4) is 0 Å². The summed E-state index contributed by atoms with van der Waals surface area (Å²) in [5.41, 5.74) is 3.88. The second-order valence-electron chi connectivity index (χ2n) is 6.58. The molecule has 2 rings (SSSR count). The van der Waals surface area contributed by atoms with Crippen LogP contribution in [0, 0.1) is 0 Å².